The maximum absolute atomic E-state index is 10.7. The number of hydrogen-bond acceptors (Lipinski definition) is 2. The molecule has 4 heteroatoms. The highest BCUT2D eigenvalue weighted by Gasteiger charge is 2.15. The van der Waals surface area contributed by atoms with Gasteiger partial charge in [0.1, 0.15) is 0 Å². The average Bonchev–Trinajstić information content (AvgIpc) is 2.14. The number of amides is 1. The molecule has 5 N–H and O–H groups in total. The van der Waals surface area contributed by atoms with Crippen molar-refractivity contribution < 1.29 is 10.3 Å². The summed E-state index contributed by atoms with van der Waals surface area (Å²) in [6.45, 7) is 4.36. The topological polar surface area (TPSA) is 86.8 Å². The van der Waals surface area contributed by atoms with Crippen LogP contribution in [0.5, 0.6) is 0 Å². The van der Waals surface area contributed by atoms with Gasteiger partial charge in [-0.25, -0.2) is 0 Å². The first-order valence-corrected chi connectivity index (χ1v) is 2.76. The molecule has 10 heavy (non-hydrogen) atoms. The lowest BCUT2D eigenvalue weighted by molar-refractivity contribution is -0.125. The van der Waals surface area contributed by atoms with Crippen LogP contribution in [-0.2, 0) is 4.79 Å². The average molecular weight is 146 g/mol. The molecular formula is C6H14N2O2. The third-order valence-corrected chi connectivity index (χ3v) is 1.33. The van der Waals surface area contributed by atoms with Crippen LogP contribution in [0, 0.1) is 0 Å². The summed E-state index contributed by atoms with van der Waals surface area (Å²) in [7, 11) is 0. The molecule has 0 bridgehead atoms. The number of hydrogen-bond donors (Lipinski definition) is 1. The lowest BCUT2D eigenvalue weighted by atomic mass is 10.4. The molecule has 0 atom stereocenters. The van der Waals surface area contributed by atoms with Crippen LogP contribution in [0.1, 0.15) is 12.8 Å². The molecule has 0 aromatic rings. The van der Waals surface area contributed by atoms with Crippen molar-refractivity contribution in [2.45, 2.75) is 12.8 Å². The summed E-state index contributed by atoms with van der Waals surface area (Å²) >= 11 is 0. The second-order valence-corrected chi connectivity index (χ2v) is 1.87. The van der Waals surface area contributed by atoms with E-state index >= 15 is 0 Å². The molecule has 0 radical (unpaired) electrons. The molecule has 1 heterocycles. The molecule has 0 aromatic carbocycles. The lowest BCUT2D eigenvalue weighted by Crippen LogP contribution is -2.16. The number of carbonyl (C=O) groups excluding carboxylic acids is 1. The highest BCUT2D eigenvalue weighted by Crippen LogP contribution is 2.08. The van der Waals surface area contributed by atoms with Crippen molar-refractivity contribution in [3.8, 4) is 0 Å². The van der Waals surface area contributed by atoms with Crippen molar-refractivity contribution in [1.29, 1.82) is 0 Å². The van der Waals surface area contributed by atoms with Gasteiger partial charge < -0.3 is 16.5 Å². The minimum absolute atomic E-state index is 0. The minimum Gasteiger partial charge on any atom is -0.412 e. The van der Waals surface area contributed by atoms with E-state index < -0.39 is 0 Å². The molecule has 1 rings (SSSR count). The predicted octanol–water partition coefficient (Wildman–Crippen LogP) is 0.0896. The summed E-state index contributed by atoms with van der Waals surface area (Å²) in [4.78, 5) is 12.3. The Balaban J connectivity index is 0. The number of nitrogens with zero attached hydrogens (tertiary/aromatic N) is 1. The largest absolute Gasteiger partial charge is 0.412 e. The van der Waals surface area contributed by atoms with Crippen LogP contribution in [0.25, 0.3) is 0 Å². The first kappa shape index (κ1) is 11.9. The third-order valence-electron chi connectivity index (χ3n) is 1.33. The fraction of sp³-hybridized carbons (Fsp3) is 0.500. The van der Waals surface area contributed by atoms with Gasteiger partial charge in [0.15, 0.2) is 0 Å². The van der Waals surface area contributed by atoms with E-state index in [0.717, 1.165) is 13.0 Å². The molecule has 60 valence electrons. The van der Waals surface area contributed by atoms with E-state index in [2.05, 4.69) is 6.58 Å². The highest BCUT2D eigenvalue weighted by molar-refractivity contribution is 5.78. The Labute approximate surface area is 60.4 Å². The first-order valence-electron chi connectivity index (χ1n) is 2.76. The van der Waals surface area contributed by atoms with E-state index in [4.69, 9.17) is 0 Å². The Bertz CT molecular complexity index is 125. The molecule has 0 unspecified atom stereocenters. The summed E-state index contributed by atoms with van der Waals surface area (Å²) < 4.78 is 0. The Hall–Kier alpha value is -0.870. The Morgan fingerprint density at radius 2 is 2.20 bits per heavy atom. The van der Waals surface area contributed by atoms with E-state index in [-0.39, 0.29) is 17.5 Å². The molecule has 0 aromatic heterocycles. The van der Waals surface area contributed by atoms with Crippen LogP contribution in [0.2, 0.25) is 0 Å². The van der Waals surface area contributed by atoms with Crippen LogP contribution in [-0.4, -0.2) is 22.8 Å². The van der Waals surface area contributed by atoms with Gasteiger partial charge in [0.2, 0.25) is 5.91 Å². The minimum atomic E-state index is 0. The van der Waals surface area contributed by atoms with Gasteiger partial charge in [-0.1, -0.05) is 6.58 Å². The van der Waals surface area contributed by atoms with Gasteiger partial charge >= 0.3 is 0 Å². The van der Waals surface area contributed by atoms with Crippen LogP contribution in [0.3, 0.4) is 0 Å². The van der Waals surface area contributed by atoms with Gasteiger partial charge in [0.25, 0.3) is 0 Å². The van der Waals surface area contributed by atoms with Crippen molar-refractivity contribution in [1.82, 2.24) is 11.1 Å². The summed E-state index contributed by atoms with van der Waals surface area (Å²) in [6, 6.07) is 0. The zero-order valence-electron chi connectivity index (χ0n) is 5.97. The summed E-state index contributed by atoms with van der Waals surface area (Å²) in [5.41, 5.74) is 0. The Morgan fingerprint density at radius 3 is 2.40 bits per heavy atom. The molecule has 1 fully saturated rings. The highest BCUT2D eigenvalue weighted by atomic mass is 16.2. The predicted molar refractivity (Wildman–Crippen MR) is 39.8 cm³/mol. The Morgan fingerprint density at radius 1 is 1.60 bits per heavy atom. The van der Waals surface area contributed by atoms with Crippen molar-refractivity contribution >= 4 is 5.91 Å². The van der Waals surface area contributed by atoms with Crippen LogP contribution < -0.4 is 6.15 Å². The maximum Gasteiger partial charge on any atom is 0.226 e. The second-order valence-electron chi connectivity index (χ2n) is 1.87. The van der Waals surface area contributed by atoms with Gasteiger partial charge in [-0.05, 0) is 12.6 Å². The van der Waals surface area contributed by atoms with Crippen LogP contribution in [0.4, 0.5) is 0 Å². The number of likely N-dealkylation sites (tertiary alicyclic amines) is 1. The zero-order chi connectivity index (χ0) is 5.98. The molecule has 1 amide bonds. The van der Waals surface area contributed by atoms with E-state index in [0.29, 0.717) is 6.42 Å². The van der Waals surface area contributed by atoms with Gasteiger partial charge in [0, 0.05) is 13.0 Å². The van der Waals surface area contributed by atoms with Crippen LogP contribution >= 0.6 is 0 Å². The molecule has 0 spiro atoms. The van der Waals surface area contributed by atoms with Gasteiger partial charge in [-0.15, -0.1) is 0 Å². The fourth-order valence-electron chi connectivity index (χ4n) is 0.862. The van der Waals surface area contributed by atoms with Crippen molar-refractivity contribution in [3.05, 3.63) is 12.8 Å². The van der Waals surface area contributed by atoms with E-state index in [1.165, 1.54) is 0 Å². The fourth-order valence-corrected chi connectivity index (χ4v) is 0.862. The van der Waals surface area contributed by atoms with Crippen molar-refractivity contribution in [3.63, 3.8) is 0 Å². The smallest absolute Gasteiger partial charge is 0.226 e. The van der Waals surface area contributed by atoms with Gasteiger partial charge in [-0.3, -0.25) is 4.79 Å². The molecule has 1 saturated heterocycles. The van der Waals surface area contributed by atoms with Crippen LogP contribution in [0.15, 0.2) is 12.8 Å². The molecule has 1 aliphatic heterocycles. The van der Waals surface area contributed by atoms with E-state index in [1.54, 1.807) is 11.1 Å². The second kappa shape index (κ2) is 4.96. The van der Waals surface area contributed by atoms with Crippen molar-refractivity contribution in [2.24, 2.45) is 0 Å². The van der Waals surface area contributed by atoms with Crippen molar-refractivity contribution in [2.75, 3.05) is 6.54 Å². The molecule has 1 aliphatic rings. The monoisotopic (exact) mass is 146 g/mol. The third kappa shape index (κ3) is 2.16. The Kier molecular flexibility index (Phi) is 5.89. The zero-order valence-corrected chi connectivity index (χ0v) is 5.97. The molecule has 0 aliphatic carbocycles. The lowest BCUT2D eigenvalue weighted by Gasteiger charge is -2.05. The van der Waals surface area contributed by atoms with Gasteiger partial charge in [-0.2, -0.15) is 0 Å². The SMILES string of the molecule is C=CN1CCCC1=O.N.O. The number of rotatable bonds is 1. The molecule has 0 saturated carbocycles. The molecule has 4 nitrogen and oxygen atoms in total. The summed E-state index contributed by atoms with van der Waals surface area (Å²) in [5, 5.41) is 0. The quantitative estimate of drug-likeness (QED) is 0.568. The summed E-state index contributed by atoms with van der Waals surface area (Å²) in [6.07, 6.45) is 3.28. The van der Waals surface area contributed by atoms with Gasteiger partial charge in [0.05, 0.1) is 0 Å². The van der Waals surface area contributed by atoms with E-state index in [9.17, 15) is 4.79 Å². The maximum atomic E-state index is 10.7. The first-order chi connectivity index (χ1) is 3.84. The van der Waals surface area contributed by atoms with E-state index in [1.807, 2.05) is 0 Å². The molecular weight excluding hydrogens is 132 g/mol. The normalized spacial score (nSPS) is 15.6. The summed E-state index contributed by atoms with van der Waals surface area (Å²) in [5.74, 6) is 0.208. The number of carbonyl (C=O) groups is 1. The standard InChI is InChI=1S/C6H9NO.H3N.H2O/c1-2-7-5-3-4-6(7)8;;/h2H,1,3-5H2;1H3;1H2.